The Morgan fingerprint density at radius 2 is 1.67 bits per heavy atom. The molecule has 0 aliphatic heterocycles. The normalized spacial score (nSPS) is 10.7. The summed E-state index contributed by atoms with van der Waals surface area (Å²) in [4.78, 5) is 4.27. The molecule has 1 N–H and O–H groups in total. The third kappa shape index (κ3) is 2.98. The molecule has 1 aromatic heterocycles. The van der Waals surface area contributed by atoms with Gasteiger partial charge in [-0.15, -0.1) is 0 Å². The molecule has 0 bridgehead atoms. The fraction of sp³-hybridized carbons (Fsp3) is 0. The van der Waals surface area contributed by atoms with Crippen molar-refractivity contribution in [2.75, 3.05) is 0 Å². The Morgan fingerprint density at radius 1 is 0.889 bits per heavy atom. The second-order valence-electron chi connectivity index (χ2n) is 6.07. The second-order valence-corrected chi connectivity index (χ2v) is 6.07. The molecule has 0 radical (unpaired) electrons. The van der Waals surface area contributed by atoms with Crippen LogP contribution in [0.25, 0.3) is 33.2 Å². The number of benzene rings is 3. The summed E-state index contributed by atoms with van der Waals surface area (Å²) in [5, 5.41) is 20.7. The van der Waals surface area contributed by atoms with Crippen molar-refractivity contribution in [2.24, 2.45) is 0 Å². The zero-order valence-corrected chi connectivity index (χ0v) is 13.9. The number of hydrogen-bond donors (Lipinski definition) is 1. The second kappa shape index (κ2) is 6.50. The number of hydrogen-bond acceptors (Lipinski definition) is 3. The summed E-state index contributed by atoms with van der Waals surface area (Å²) in [6.07, 6.45) is 1.69. The zero-order valence-electron chi connectivity index (χ0n) is 13.9. The molecule has 3 nitrogen and oxygen atoms in total. The number of aromatic nitrogens is 1. The van der Waals surface area contributed by atoms with Crippen molar-refractivity contribution < 1.29 is 13.9 Å². The minimum atomic E-state index is -0.763. The van der Waals surface area contributed by atoms with Crippen molar-refractivity contribution in [3.63, 3.8) is 0 Å². The van der Waals surface area contributed by atoms with E-state index in [2.05, 4.69) is 4.98 Å². The van der Waals surface area contributed by atoms with Crippen LogP contribution in [0.1, 0.15) is 5.56 Å². The molecule has 27 heavy (non-hydrogen) atoms. The molecule has 4 aromatic rings. The Kier molecular flexibility index (Phi) is 4.02. The van der Waals surface area contributed by atoms with E-state index in [4.69, 9.17) is 0 Å². The standard InChI is InChI=1S/C22H12F2N2O/c23-17-9-16(10-18(24)11-17)21-19(5-3-15(12-25)22(21)27)13-4-6-20-14(8-13)2-1-7-26-20/h1-11,27H. The van der Waals surface area contributed by atoms with Crippen molar-refractivity contribution >= 4 is 10.9 Å². The Morgan fingerprint density at radius 3 is 2.41 bits per heavy atom. The van der Waals surface area contributed by atoms with E-state index in [-0.39, 0.29) is 22.4 Å². The maximum atomic E-state index is 13.8. The fourth-order valence-corrected chi connectivity index (χ4v) is 3.16. The van der Waals surface area contributed by atoms with Gasteiger partial charge in [0.25, 0.3) is 0 Å². The maximum Gasteiger partial charge on any atom is 0.141 e. The fourth-order valence-electron chi connectivity index (χ4n) is 3.16. The smallest absolute Gasteiger partial charge is 0.141 e. The average Bonchev–Trinajstić information content (AvgIpc) is 2.66. The molecule has 130 valence electrons. The van der Waals surface area contributed by atoms with Gasteiger partial charge in [0.1, 0.15) is 23.5 Å². The summed E-state index contributed by atoms with van der Waals surface area (Å²) in [6.45, 7) is 0. The van der Waals surface area contributed by atoms with Crippen LogP contribution in [-0.4, -0.2) is 10.1 Å². The van der Waals surface area contributed by atoms with E-state index in [1.165, 1.54) is 6.07 Å². The van der Waals surface area contributed by atoms with Crippen LogP contribution in [0.5, 0.6) is 5.75 Å². The van der Waals surface area contributed by atoms with Crippen molar-refractivity contribution in [3.8, 4) is 34.1 Å². The van der Waals surface area contributed by atoms with Gasteiger partial charge < -0.3 is 5.11 Å². The lowest BCUT2D eigenvalue weighted by Crippen LogP contribution is -1.92. The molecular formula is C22H12F2N2O. The highest BCUT2D eigenvalue weighted by Crippen LogP contribution is 2.41. The van der Waals surface area contributed by atoms with E-state index in [0.717, 1.165) is 34.7 Å². The van der Waals surface area contributed by atoms with Crippen LogP contribution in [0.2, 0.25) is 0 Å². The zero-order chi connectivity index (χ0) is 19.0. The Balaban J connectivity index is 2.02. The number of phenols is 1. The maximum absolute atomic E-state index is 13.8. The van der Waals surface area contributed by atoms with Crippen molar-refractivity contribution in [2.45, 2.75) is 0 Å². The quantitative estimate of drug-likeness (QED) is 0.520. The third-order valence-electron chi connectivity index (χ3n) is 4.36. The molecule has 0 aliphatic carbocycles. The SMILES string of the molecule is N#Cc1ccc(-c2ccc3ncccc3c2)c(-c2cc(F)cc(F)c2)c1O. The Hall–Kier alpha value is -3.78. The first kappa shape index (κ1) is 16.7. The largest absolute Gasteiger partial charge is 0.506 e. The van der Waals surface area contributed by atoms with E-state index >= 15 is 0 Å². The molecule has 0 spiro atoms. The minimum Gasteiger partial charge on any atom is -0.506 e. The van der Waals surface area contributed by atoms with Crippen molar-refractivity contribution in [3.05, 3.63) is 84.1 Å². The number of phenolic OH excluding ortho intramolecular Hbond substituents is 1. The predicted octanol–water partition coefficient (Wildman–Crippen LogP) is 5.42. The van der Waals surface area contributed by atoms with Gasteiger partial charge in [-0.25, -0.2) is 8.78 Å². The number of rotatable bonds is 2. The molecule has 0 saturated heterocycles. The average molecular weight is 358 g/mol. The third-order valence-corrected chi connectivity index (χ3v) is 4.36. The number of nitriles is 1. The van der Waals surface area contributed by atoms with E-state index in [1.54, 1.807) is 12.3 Å². The van der Waals surface area contributed by atoms with Gasteiger partial charge in [0, 0.05) is 23.2 Å². The van der Waals surface area contributed by atoms with Gasteiger partial charge >= 0.3 is 0 Å². The molecule has 0 unspecified atom stereocenters. The van der Waals surface area contributed by atoms with Crippen molar-refractivity contribution in [1.29, 1.82) is 5.26 Å². The van der Waals surface area contributed by atoms with Gasteiger partial charge in [0.2, 0.25) is 0 Å². The van der Waals surface area contributed by atoms with Gasteiger partial charge in [-0.2, -0.15) is 5.26 Å². The van der Waals surface area contributed by atoms with Crippen LogP contribution in [0, 0.1) is 23.0 Å². The first-order chi connectivity index (χ1) is 13.1. The summed E-state index contributed by atoms with van der Waals surface area (Å²) >= 11 is 0. The molecule has 5 heteroatoms. The first-order valence-electron chi connectivity index (χ1n) is 8.14. The lowest BCUT2D eigenvalue weighted by atomic mass is 9.91. The molecule has 0 atom stereocenters. The molecule has 0 saturated carbocycles. The molecule has 0 amide bonds. The molecular weight excluding hydrogens is 346 g/mol. The number of fused-ring (bicyclic) bond motifs is 1. The molecule has 1 heterocycles. The topological polar surface area (TPSA) is 56.9 Å². The van der Waals surface area contributed by atoms with Gasteiger partial charge in [0.15, 0.2) is 0 Å². The van der Waals surface area contributed by atoms with Gasteiger partial charge in [0.05, 0.1) is 11.1 Å². The monoisotopic (exact) mass is 358 g/mol. The van der Waals surface area contributed by atoms with Crippen LogP contribution in [0.3, 0.4) is 0 Å². The van der Waals surface area contributed by atoms with Gasteiger partial charge in [-0.3, -0.25) is 4.98 Å². The molecule has 0 fully saturated rings. The highest BCUT2D eigenvalue weighted by atomic mass is 19.1. The Bertz CT molecular complexity index is 1210. The first-order valence-corrected chi connectivity index (χ1v) is 8.14. The van der Waals surface area contributed by atoms with E-state index in [0.29, 0.717) is 5.56 Å². The van der Waals surface area contributed by atoms with Crippen LogP contribution < -0.4 is 0 Å². The highest BCUT2D eigenvalue weighted by molar-refractivity contribution is 5.92. The van der Waals surface area contributed by atoms with E-state index in [9.17, 15) is 19.1 Å². The molecule has 3 aromatic carbocycles. The summed E-state index contributed by atoms with van der Waals surface area (Å²) < 4.78 is 27.6. The number of aromatic hydroxyl groups is 1. The lowest BCUT2D eigenvalue weighted by Gasteiger charge is -2.14. The minimum absolute atomic E-state index is 0.0286. The van der Waals surface area contributed by atoms with Gasteiger partial charge in [-0.05, 0) is 53.1 Å². The predicted molar refractivity (Wildman–Crippen MR) is 98.9 cm³/mol. The number of pyridine rings is 1. The van der Waals surface area contributed by atoms with Crippen LogP contribution >= 0.6 is 0 Å². The van der Waals surface area contributed by atoms with Gasteiger partial charge in [-0.1, -0.05) is 18.2 Å². The van der Waals surface area contributed by atoms with Crippen LogP contribution in [0.4, 0.5) is 8.78 Å². The summed E-state index contributed by atoms with van der Waals surface area (Å²) in [5.74, 6) is -1.84. The van der Waals surface area contributed by atoms with E-state index < -0.39 is 11.6 Å². The summed E-state index contributed by atoms with van der Waals surface area (Å²) in [7, 11) is 0. The van der Waals surface area contributed by atoms with Crippen LogP contribution in [0.15, 0.2) is 66.9 Å². The summed E-state index contributed by atoms with van der Waals surface area (Å²) in [6, 6.07) is 17.3. The van der Waals surface area contributed by atoms with Crippen molar-refractivity contribution in [1.82, 2.24) is 4.98 Å². The number of halogens is 2. The molecule has 0 aliphatic rings. The highest BCUT2D eigenvalue weighted by Gasteiger charge is 2.17. The Labute approximate surface area is 153 Å². The molecule has 4 rings (SSSR count). The van der Waals surface area contributed by atoms with Crippen LogP contribution in [-0.2, 0) is 0 Å². The van der Waals surface area contributed by atoms with E-state index in [1.807, 2.05) is 36.4 Å². The number of nitrogens with zero attached hydrogens (tertiary/aromatic N) is 2. The summed E-state index contributed by atoms with van der Waals surface area (Å²) in [5.41, 5.74) is 2.48. The lowest BCUT2D eigenvalue weighted by molar-refractivity contribution is 0.475.